The number of carbonyl (C=O) groups is 1. The topological polar surface area (TPSA) is 133 Å². The van der Waals surface area contributed by atoms with Gasteiger partial charge in [-0.15, -0.1) is 0 Å². The summed E-state index contributed by atoms with van der Waals surface area (Å²) < 4.78 is 19.2. The normalized spacial score (nSPS) is 11.5. The molecule has 0 radical (unpaired) electrons. The van der Waals surface area contributed by atoms with Crippen LogP contribution in [0.5, 0.6) is 0 Å². The highest BCUT2D eigenvalue weighted by atomic mass is 19.1. The maximum Gasteiger partial charge on any atom is 0.320 e. The Morgan fingerprint density at radius 3 is 2.65 bits per heavy atom. The van der Waals surface area contributed by atoms with Gasteiger partial charge in [0.15, 0.2) is 11.6 Å². The van der Waals surface area contributed by atoms with E-state index in [0.717, 1.165) is 5.56 Å². The van der Waals surface area contributed by atoms with Crippen LogP contribution in [0.25, 0.3) is 0 Å². The molecule has 1 heterocycles. The number of ether oxygens (including phenoxy) is 1. The van der Waals surface area contributed by atoms with E-state index in [-0.39, 0.29) is 17.3 Å². The highest BCUT2D eigenvalue weighted by Crippen LogP contribution is 2.26. The number of aromatic nitrogens is 1. The second kappa shape index (κ2) is 8.26. The molecule has 1 aromatic heterocycles. The third-order valence-corrected chi connectivity index (χ3v) is 3.71. The third kappa shape index (κ3) is 4.06. The average Bonchev–Trinajstić information content (AvgIpc) is 2.65. The molecular weight excluding hydrogens is 341 g/mol. The molecule has 2 amide bonds. The molecule has 0 aliphatic carbocycles. The summed E-state index contributed by atoms with van der Waals surface area (Å²) >= 11 is 0. The van der Waals surface area contributed by atoms with Gasteiger partial charge in [0.2, 0.25) is 5.90 Å². The van der Waals surface area contributed by atoms with E-state index in [1.807, 2.05) is 30.3 Å². The van der Waals surface area contributed by atoms with Crippen molar-refractivity contribution in [2.75, 3.05) is 18.2 Å². The van der Waals surface area contributed by atoms with E-state index in [1.54, 1.807) is 6.92 Å². The standard InChI is InChI=1S/C17H20FN5O3/c1-9(10-6-4-3-5-7-10)21-17(25)23-16-13(18)14(19)12(15(20)26-2)11(8-24)22-16/h3-7,9,20,24H,8H2,1-2H3,(H4,19,21,22,23,25). The number of methoxy groups -OCH3 is 1. The number of aliphatic hydroxyl groups is 1. The van der Waals surface area contributed by atoms with Gasteiger partial charge in [-0.1, -0.05) is 30.3 Å². The van der Waals surface area contributed by atoms with Gasteiger partial charge < -0.3 is 20.9 Å². The second-order valence-corrected chi connectivity index (χ2v) is 5.43. The van der Waals surface area contributed by atoms with E-state index in [4.69, 9.17) is 15.9 Å². The number of benzene rings is 1. The summed E-state index contributed by atoms with van der Waals surface area (Å²) in [7, 11) is 1.21. The first kappa shape index (κ1) is 19.1. The zero-order valence-electron chi connectivity index (χ0n) is 14.3. The minimum atomic E-state index is -1.01. The van der Waals surface area contributed by atoms with E-state index >= 15 is 0 Å². The zero-order chi connectivity index (χ0) is 19.3. The fraction of sp³-hybridized carbons (Fsp3) is 0.235. The van der Waals surface area contributed by atoms with Crippen LogP contribution in [-0.2, 0) is 11.3 Å². The molecule has 0 saturated heterocycles. The molecule has 2 rings (SSSR count). The summed E-state index contributed by atoms with van der Waals surface area (Å²) in [6.07, 6.45) is 0. The number of urea groups is 1. The van der Waals surface area contributed by atoms with Crippen LogP contribution in [0.2, 0.25) is 0 Å². The van der Waals surface area contributed by atoms with Gasteiger partial charge in [0.25, 0.3) is 0 Å². The molecule has 9 heteroatoms. The van der Waals surface area contributed by atoms with Crippen molar-refractivity contribution in [3.05, 3.63) is 53.0 Å². The third-order valence-electron chi connectivity index (χ3n) is 3.71. The van der Waals surface area contributed by atoms with E-state index < -0.39 is 35.9 Å². The first-order valence-corrected chi connectivity index (χ1v) is 7.73. The number of anilines is 2. The minimum absolute atomic E-state index is 0.0813. The number of carbonyl (C=O) groups excluding carboxylic acids is 1. The van der Waals surface area contributed by atoms with Gasteiger partial charge in [-0.3, -0.25) is 10.7 Å². The van der Waals surface area contributed by atoms with Gasteiger partial charge in [0.05, 0.1) is 36.7 Å². The summed E-state index contributed by atoms with van der Waals surface area (Å²) in [5, 5.41) is 22.0. The molecule has 2 aromatic rings. The van der Waals surface area contributed by atoms with Crippen molar-refractivity contribution >= 4 is 23.4 Å². The fourth-order valence-electron chi connectivity index (χ4n) is 2.35. The number of nitrogen functional groups attached to an aromatic ring is 1. The maximum absolute atomic E-state index is 14.4. The summed E-state index contributed by atoms with van der Waals surface area (Å²) in [4.78, 5) is 16.0. The predicted octanol–water partition coefficient (Wildman–Crippen LogP) is 2.15. The van der Waals surface area contributed by atoms with Crippen LogP contribution < -0.4 is 16.4 Å². The van der Waals surface area contributed by atoms with Crippen molar-refractivity contribution in [3.8, 4) is 0 Å². The Balaban J connectivity index is 2.22. The minimum Gasteiger partial charge on any atom is -0.481 e. The SMILES string of the molecule is COC(=N)c1c(CO)nc(NC(=O)NC(C)c2ccccc2)c(F)c1N. The highest BCUT2D eigenvalue weighted by Gasteiger charge is 2.22. The smallest absolute Gasteiger partial charge is 0.320 e. The first-order valence-electron chi connectivity index (χ1n) is 7.73. The Labute approximate surface area is 149 Å². The molecule has 1 atom stereocenters. The fourth-order valence-corrected chi connectivity index (χ4v) is 2.35. The number of nitrogens with zero attached hydrogens (tertiary/aromatic N) is 1. The average molecular weight is 361 g/mol. The van der Waals surface area contributed by atoms with Crippen molar-refractivity contribution < 1.29 is 19.0 Å². The molecule has 0 fully saturated rings. The van der Waals surface area contributed by atoms with Crippen LogP contribution in [0, 0.1) is 11.2 Å². The van der Waals surface area contributed by atoms with Crippen molar-refractivity contribution in [1.82, 2.24) is 10.3 Å². The molecule has 8 nitrogen and oxygen atoms in total. The number of hydrogen-bond donors (Lipinski definition) is 5. The molecule has 0 aliphatic rings. The van der Waals surface area contributed by atoms with E-state index in [2.05, 4.69) is 15.6 Å². The van der Waals surface area contributed by atoms with Gasteiger partial charge in [0.1, 0.15) is 0 Å². The Morgan fingerprint density at radius 1 is 1.42 bits per heavy atom. The highest BCUT2D eigenvalue weighted by molar-refractivity contribution is 5.99. The summed E-state index contributed by atoms with van der Waals surface area (Å²) in [5.41, 5.74) is 5.88. The number of amides is 2. The van der Waals surface area contributed by atoms with E-state index in [1.165, 1.54) is 7.11 Å². The van der Waals surface area contributed by atoms with Crippen LogP contribution in [-0.4, -0.2) is 29.1 Å². The molecule has 0 spiro atoms. The lowest BCUT2D eigenvalue weighted by molar-refractivity contribution is 0.249. The molecule has 0 bridgehead atoms. The largest absolute Gasteiger partial charge is 0.481 e. The Morgan fingerprint density at radius 2 is 2.08 bits per heavy atom. The van der Waals surface area contributed by atoms with Gasteiger partial charge in [-0.2, -0.15) is 0 Å². The van der Waals surface area contributed by atoms with Gasteiger partial charge in [-0.05, 0) is 12.5 Å². The molecule has 1 aromatic carbocycles. The number of rotatable bonds is 5. The maximum atomic E-state index is 14.4. The van der Waals surface area contributed by atoms with Crippen LogP contribution in [0.4, 0.5) is 20.7 Å². The summed E-state index contributed by atoms with van der Waals surface area (Å²) in [6, 6.07) is 8.20. The molecule has 1 unspecified atom stereocenters. The molecule has 0 saturated carbocycles. The van der Waals surface area contributed by atoms with Gasteiger partial charge >= 0.3 is 6.03 Å². The van der Waals surface area contributed by atoms with Crippen LogP contribution in [0.15, 0.2) is 30.3 Å². The van der Waals surface area contributed by atoms with Crippen LogP contribution in [0.1, 0.15) is 29.8 Å². The Kier molecular flexibility index (Phi) is 6.07. The van der Waals surface area contributed by atoms with Crippen LogP contribution >= 0.6 is 0 Å². The first-order chi connectivity index (χ1) is 12.4. The van der Waals surface area contributed by atoms with Crippen molar-refractivity contribution in [2.24, 2.45) is 0 Å². The second-order valence-electron chi connectivity index (χ2n) is 5.43. The lowest BCUT2D eigenvalue weighted by Gasteiger charge is -2.17. The number of aliphatic hydroxyl groups excluding tert-OH is 1. The monoisotopic (exact) mass is 361 g/mol. The number of hydrogen-bond acceptors (Lipinski definition) is 6. The Bertz CT molecular complexity index is 814. The van der Waals surface area contributed by atoms with Gasteiger partial charge in [0, 0.05) is 0 Å². The number of pyridine rings is 1. The van der Waals surface area contributed by atoms with Crippen molar-refractivity contribution in [1.29, 1.82) is 5.41 Å². The molecule has 0 aliphatic heterocycles. The van der Waals surface area contributed by atoms with Crippen molar-refractivity contribution in [3.63, 3.8) is 0 Å². The quantitative estimate of drug-likeness (QED) is 0.411. The number of halogens is 1. The molecular formula is C17H20FN5O3. The zero-order valence-corrected chi connectivity index (χ0v) is 14.3. The van der Waals surface area contributed by atoms with Crippen LogP contribution in [0.3, 0.4) is 0 Å². The number of nitrogens with one attached hydrogen (secondary N) is 3. The molecule has 26 heavy (non-hydrogen) atoms. The summed E-state index contributed by atoms with van der Waals surface area (Å²) in [5.74, 6) is -1.90. The lowest BCUT2D eigenvalue weighted by atomic mass is 10.1. The van der Waals surface area contributed by atoms with E-state index in [0.29, 0.717) is 0 Å². The number of nitrogens with two attached hydrogens (primary N) is 1. The predicted molar refractivity (Wildman–Crippen MR) is 95.4 cm³/mol. The molecule has 6 N–H and O–H groups in total. The van der Waals surface area contributed by atoms with Gasteiger partial charge in [-0.25, -0.2) is 14.2 Å². The molecule has 138 valence electrons. The van der Waals surface area contributed by atoms with E-state index in [9.17, 15) is 14.3 Å². The summed E-state index contributed by atoms with van der Waals surface area (Å²) in [6.45, 7) is 1.16. The lowest BCUT2D eigenvalue weighted by Crippen LogP contribution is -2.32. The Hall–Kier alpha value is -3.20. The van der Waals surface area contributed by atoms with Crippen molar-refractivity contribution in [2.45, 2.75) is 19.6 Å².